The third kappa shape index (κ3) is 0.703. The topological polar surface area (TPSA) is 41.9 Å². The standard InChI is InChI=1S/C6H11NO3/c1-5-7-4-9-2-6(7,8)3-10-5/h5,8H,2-4H2,1H3. The Labute approximate surface area is 59.3 Å². The van der Waals surface area contributed by atoms with Crippen LogP contribution in [0.4, 0.5) is 0 Å². The first kappa shape index (κ1) is 6.54. The van der Waals surface area contributed by atoms with Gasteiger partial charge in [-0.15, -0.1) is 0 Å². The number of hydrogen-bond donors (Lipinski definition) is 1. The Hall–Kier alpha value is -0.160. The van der Waals surface area contributed by atoms with Crippen LogP contribution in [0, 0.1) is 0 Å². The van der Waals surface area contributed by atoms with Gasteiger partial charge in [0.25, 0.3) is 0 Å². The molecule has 0 aromatic heterocycles. The van der Waals surface area contributed by atoms with E-state index < -0.39 is 5.72 Å². The molecule has 2 unspecified atom stereocenters. The highest BCUT2D eigenvalue weighted by Crippen LogP contribution is 2.29. The normalized spacial score (nSPS) is 48.0. The van der Waals surface area contributed by atoms with Gasteiger partial charge in [0.15, 0.2) is 5.72 Å². The Morgan fingerprint density at radius 1 is 1.60 bits per heavy atom. The predicted octanol–water partition coefficient (Wildman–Crippen LogP) is -0.659. The summed E-state index contributed by atoms with van der Waals surface area (Å²) in [5, 5.41) is 9.68. The van der Waals surface area contributed by atoms with Gasteiger partial charge in [0.1, 0.15) is 13.0 Å². The van der Waals surface area contributed by atoms with Gasteiger partial charge in [0.05, 0.1) is 13.2 Å². The minimum absolute atomic E-state index is 0.00694. The summed E-state index contributed by atoms with van der Waals surface area (Å²) in [4.78, 5) is 1.81. The second-order valence-corrected chi connectivity index (χ2v) is 2.84. The van der Waals surface area contributed by atoms with Crippen molar-refractivity contribution in [1.82, 2.24) is 4.90 Å². The first-order valence-electron chi connectivity index (χ1n) is 3.41. The molecule has 58 valence electrons. The van der Waals surface area contributed by atoms with Crippen LogP contribution in [0.1, 0.15) is 6.92 Å². The fraction of sp³-hybridized carbons (Fsp3) is 1.00. The van der Waals surface area contributed by atoms with Crippen molar-refractivity contribution >= 4 is 0 Å². The molecule has 0 spiro atoms. The first-order valence-corrected chi connectivity index (χ1v) is 3.41. The van der Waals surface area contributed by atoms with Gasteiger partial charge in [-0.2, -0.15) is 0 Å². The predicted molar refractivity (Wildman–Crippen MR) is 33.0 cm³/mol. The molecule has 0 aliphatic carbocycles. The molecule has 2 atom stereocenters. The molecule has 2 fully saturated rings. The van der Waals surface area contributed by atoms with Gasteiger partial charge in [-0.3, -0.25) is 0 Å². The molecular weight excluding hydrogens is 134 g/mol. The highest BCUT2D eigenvalue weighted by Gasteiger charge is 2.48. The molecule has 1 N–H and O–H groups in total. The van der Waals surface area contributed by atoms with Crippen molar-refractivity contribution in [3.05, 3.63) is 0 Å². The van der Waals surface area contributed by atoms with Crippen molar-refractivity contribution in [3.63, 3.8) is 0 Å². The molecular formula is C6H11NO3. The number of fused-ring (bicyclic) bond motifs is 1. The van der Waals surface area contributed by atoms with Gasteiger partial charge in [-0.1, -0.05) is 0 Å². The van der Waals surface area contributed by atoms with Crippen LogP contribution < -0.4 is 0 Å². The zero-order valence-corrected chi connectivity index (χ0v) is 5.91. The van der Waals surface area contributed by atoms with Crippen LogP contribution in [0.2, 0.25) is 0 Å². The van der Waals surface area contributed by atoms with E-state index in [4.69, 9.17) is 9.47 Å². The molecule has 0 bridgehead atoms. The van der Waals surface area contributed by atoms with Crippen LogP contribution in [-0.4, -0.2) is 41.9 Å². The van der Waals surface area contributed by atoms with E-state index >= 15 is 0 Å². The molecule has 10 heavy (non-hydrogen) atoms. The van der Waals surface area contributed by atoms with E-state index in [1.54, 1.807) is 0 Å². The van der Waals surface area contributed by atoms with E-state index in [-0.39, 0.29) is 6.23 Å². The second kappa shape index (κ2) is 1.92. The minimum Gasteiger partial charge on any atom is -0.371 e. The van der Waals surface area contributed by atoms with Crippen molar-refractivity contribution in [2.24, 2.45) is 0 Å². The van der Waals surface area contributed by atoms with Crippen LogP contribution >= 0.6 is 0 Å². The van der Waals surface area contributed by atoms with Crippen LogP contribution in [-0.2, 0) is 9.47 Å². The molecule has 2 rings (SSSR count). The maximum absolute atomic E-state index is 9.68. The van der Waals surface area contributed by atoms with Crippen molar-refractivity contribution in [3.8, 4) is 0 Å². The lowest BCUT2D eigenvalue weighted by Gasteiger charge is -2.22. The Morgan fingerprint density at radius 3 is 3.10 bits per heavy atom. The summed E-state index contributed by atoms with van der Waals surface area (Å²) >= 11 is 0. The summed E-state index contributed by atoms with van der Waals surface area (Å²) in [6.45, 7) is 3.13. The molecule has 0 aromatic rings. The lowest BCUT2D eigenvalue weighted by atomic mass is 10.2. The number of hydrogen-bond acceptors (Lipinski definition) is 4. The maximum Gasteiger partial charge on any atom is 0.169 e. The van der Waals surface area contributed by atoms with Gasteiger partial charge in [-0.25, -0.2) is 4.90 Å². The van der Waals surface area contributed by atoms with Gasteiger partial charge in [0.2, 0.25) is 0 Å². The van der Waals surface area contributed by atoms with Gasteiger partial charge >= 0.3 is 0 Å². The van der Waals surface area contributed by atoms with Gasteiger partial charge < -0.3 is 14.6 Å². The largest absolute Gasteiger partial charge is 0.371 e. The summed E-state index contributed by atoms with van der Waals surface area (Å²) in [6, 6.07) is 0. The Morgan fingerprint density at radius 2 is 2.40 bits per heavy atom. The number of rotatable bonds is 0. The molecule has 0 amide bonds. The van der Waals surface area contributed by atoms with Crippen LogP contribution in [0.5, 0.6) is 0 Å². The van der Waals surface area contributed by atoms with E-state index in [9.17, 15) is 5.11 Å². The SMILES string of the molecule is CC1OCC2(O)COCN12. The van der Waals surface area contributed by atoms with Gasteiger partial charge in [-0.05, 0) is 6.92 Å². The molecule has 2 heterocycles. The Bertz CT molecular complexity index is 152. The van der Waals surface area contributed by atoms with Gasteiger partial charge in [0, 0.05) is 0 Å². The van der Waals surface area contributed by atoms with E-state index in [1.165, 1.54) is 0 Å². The Kier molecular flexibility index (Phi) is 1.25. The monoisotopic (exact) mass is 145 g/mol. The lowest BCUT2D eigenvalue weighted by molar-refractivity contribution is -0.0430. The third-order valence-corrected chi connectivity index (χ3v) is 2.09. The molecule has 4 nitrogen and oxygen atoms in total. The smallest absolute Gasteiger partial charge is 0.169 e. The van der Waals surface area contributed by atoms with Crippen LogP contribution in [0.15, 0.2) is 0 Å². The molecule has 0 aromatic carbocycles. The average Bonchev–Trinajstić information content (AvgIpc) is 2.35. The zero-order valence-electron chi connectivity index (χ0n) is 5.91. The van der Waals surface area contributed by atoms with Crippen LogP contribution in [0.3, 0.4) is 0 Å². The summed E-state index contributed by atoms with van der Waals surface area (Å²) in [6.07, 6.45) is -0.00694. The quantitative estimate of drug-likeness (QED) is 0.491. The van der Waals surface area contributed by atoms with E-state index in [1.807, 2.05) is 11.8 Å². The van der Waals surface area contributed by atoms with Crippen molar-refractivity contribution < 1.29 is 14.6 Å². The second-order valence-electron chi connectivity index (χ2n) is 2.84. The zero-order chi connectivity index (χ0) is 7.19. The fourth-order valence-electron chi connectivity index (χ4n) is 1.42. The van der Waals surface area contributed by atoms with Crippen molar-refractivity contribution in [2.45, 2.75) is 18.9 Å². The van der Waals surface area contributed by atoms with Crippen molar-refractivity contribution in [1.29, 1.82) is 0 Å². The number of ether oxygens (including phenoxy) is 2. The minimum atomic E-state index is -0.834. The summed E-state index contributed by atoms with van der Waals surface area (Å²) in [7, 11) is 0. The van der Waals surface area contributed by atoms with Crippen molar-refractivity contribution in [2.75, 3.05) is 19.9 Å². The highest BCUT2D eigenvalue weighted by atomic mass is 16.6. The van der Waals surface area contributed by atoms with E-state index in [2.05, 4.69) is 0 Å². The average molecular weight is 145 g/mol. The molecule has 0 saturated carbocycles. The molecule has 4 heteroatoms. The molecule has 2 aliphatic rings. The van der Waals surface area contributed by atoms with E-state index in [0.717, 1.165) is 0 Å². The molecule has 2 aliphatic heterocycles. The lowest BCUT2D eigenvalue weighted by Crippen LogP contribution is -2.44. The fourth-order valence-corrected chi connectivity index (χ4v) is 1.42. The summed E-state index contributed by atoms with van der Waals surface area (Å²) in [5.74, 6) is 0. The van der Waals surface area contributed by atoms with E-state index in [0.29, 0.717) is 19.9 Å². The molecule has 0 radical (unpaired) electrons. The first-order chi connectivity index (χ1) is 4.72. The third-order valence-electron chi connectivity index (χ3n) is 2.09. The Balaban J connectivity index is 2.19. The molecule has 2 saturated heterocycles. The number of aliphatic hydroxyl groups is 1. The number of nitrogens with zero attached hydrogens (tertiary/aromatic N) is 1. The highest BCUT2D eigenvalue weighted by molar-refractivity contribution is 4.87. The summed E-state index contributed by atoms with van der Waals surface area (Å²) in [5.41, 5.74) is -0.834. The summed E-state index contributed by atoms with van der Waals surface area (Å²) < 4.78 is 10.3. The maximum atomic E-state index is 9.68. The van der Waals surface area contributed by atoms with Crippen LogP contribution in [0.25, 0.3) is 0 Å².